The summed E-state index contributed by atoms with van der Waals surface area (Å²) in [7, 11) is 0. The molecule has 23 heteroatoms. The van der Waals surface area contributed by atoms with Gasteiger partial charge in [0, 0.05) is 0 Å². The molecular weight excluding hydrogens is 764 g/mol. The van der Waals surface area contributed by atoms with Gasteiger partial charge in [-0.3, -0.25) is 0 Å². The Labute approximate surface area is 263 Å². The second-order valence-corrected chi connectivity index (χ2v) is 8.90. The third-order valence-electron chi connectivity index (χ3n) is 6.21. The molecule has 3 aromatic heterocycles. The summed E-state index contributed by atoms with van der Waals surface area (Å²) in [5.41, 5.74) is -6.70. The number of aromatic nitrogens is 6. The van der Waals surface area contributed by atoms with Crippen LogP contribution in [0.25, 0.3) is 0 Å². The van der Waals surface area contributed by atoms with Crippen molar-refractivity contribution in [3.05, 3.63) is 97.4 Å². The van der Waals surface area contributed by atoms with Crippen LogP contribution in [0.5, 0.6) is 0 Å². The summed E-state index contributed by atoms with van der Waals surface area (Å²) in [5.74, 6) is -17.1. The van der Waals surface area contributed by atoms with E-state index in [0.29, 0.717) is 18.6 Å². The Morgan fingerprint density at radius 2 is 0.717 bits per heavy atom. The molecular formula is C23H15AgBF15N6. The van der Waals surface area contributed by atoms with Gasteiger partial charge >= 0.3 is 65.2 Å². The second-order valence-electron chi connectivity index (χ2n) is 8.90. The van der Waals surface area contributed by atoms with Crippen LogP contribution >= 0.6 is 0 Å². The number of halogens is 15. The van der Waals surface area contributed by atoms with E-state index in [1.165, 1.54) is 6.07 Å². The van der Waals surface area contributed by atoms with Crippen molar-refractivity contribution in [2.75, 3.05) is 0 Å². The topological polar surface area (TPSA) is 53.5 Å². The molecule has 0 radical (unpaired) electrons. The van der Waals surface area contributed by atoms with E-state index in [1.807, 2.05) is 0 Å². The molecule has 0 unspecified atom stereocenters. The summed E-state index contributed by atoms with van der Waals surface area (Å²) >= 11 is 0. The molecule has 0 atom stereocenters. The van der Waals surface area contributed by atoms with Crippen LogP contribution in [-0.4, -0.2) is 54.2 Å². The smallest absolute Gasteiger partial charge is 0.396 e. The zero-order chi connectivity index (χ0) is 34.4. The summed E-state index contributed by atoms with van der Waals surface area (Å²) in [6, 6.07) is 5.55. The quantitative estimate of drug-likeness (QED) is 0.118. The van der Waals surface area contributed by atoms with Gasteiger partial charge in [0.25, 0.3) is 0 Å². The van der Waals surface area contributed by atoms with Crippen molar-refractivity contribution in [3.8, 4) is 0 Å². The van der Waals surface area contributed by atoms with E-state index in [0.717, 1.165) is 24.3 Å². The molecule has 0 aliphatic heterocycles. The minimum absolute atomic E-state index is 0. The van der Waals surface area contributed by atoms with Crippen LogP contribution in [0.4, 0.5) is 65.9 Å². The maximum absolute atomic E-state index is 14.2. The van der Waals surface area contributed by atoms with Crippen LogP contribution in [0.3, 0.4) is 0 Å². The first kappa shape index (κ1) is 38.5. The number of rotatable bonds is 7. The Balaban J connectivity index is 0.00000241. The molecule has 4 rings (SSSR count). The minimum atomic E-state index is -6.27. The first-order valence-corrected chi connectivity index (χ1v) is 11.7. The van der Waals surface area contributed by atoms with Crippen molar-refractivity contribution >= 4 is 12.0 Å². The molecule has 0 bridgehead atoms. The molecule has 0 fully saturated rings. The van der Waals surface area contributed by atoms with E-state index < -0.39 is 65.4 Å². The molecule has 1 aromatic carbocycles. The molecule has 3 heterocycles. The second kappa shape index (κ2) is 12.5. The van der Waals surface area contributed by atoms with Crippen molar-refractivity contribution in [1.82, 2.24) is 29.1 Å². The normalized spacial score (nSPS) is 13.5. The number of alkyl halides is 15. The summed E-state index contributed by atoms with van der Waals surface area (Å²) in [6.07, 6.45) is -17.8. The van der Waals surface area contributed by atoms with Gasteiger partial charge in [0.2, 0.25) is 0 Å². The largest absolute Gasteiger partial charge is 1.00 e. The van der Waals surface area contributed by atoms with Gasteiger partial charge in [-0.15, -0.1) is 18.6 Å². The predicted octanol–water partition coefficient (Wildman–Crippen LogP) is 6.83. The molecule has 46 heavy (non-hydrogen) atoms. The van der Waals surface area contributed by atoms with Crippen molar-refractivity contribution in [3.63, 3.8) is 0 Å². The number of hydrogen-bond donors (Lipinski definition) is 0. The van der Waals surface area contributed by atoms with Crippen LogP contribution < -0.4 is 5.46 Å². The van der Waals surface area contributed by atoms with Crippen molar-refractivity contribution in [2.45, 2.75) is 36.3 Å². The van der Waals surface area contributed by atoms with E-state index in [4.69, 9.17) is 0 Å². The number of hydrogen-bond acceptors (Lipinski definition) is 3. The SMILES string of the molecule is C=C.FC(F)(F)C(F)(F)c1ccn([B-](c2ccccc2)(n2ccc(C(F)(F)C(F)(F)F)n2)n2ccc(C(F)(F)C(F)(F)F)n2)n1.[Ag+]. The van der Waals surface area contributed by atoms with Gasteiger partial charge in [0.15, 0.2) is 0 Å². The minimum Gasteiger partial charge on any atom is -0.396 e. The van der Waals surface area contributed by atoms with Gasteiger partial charge in [-0.25, -0.2) is 15.3 Å². The number of benzene rings is 1. The predicted molar refractivity (Wildman–Crippen MR) is 126 cm³/mol. The Morgan fingerprint density at radius 1 is 0.457 bits per heavy atom. The van der Waals surface area contributed by atoms with Crippen LogP contribution in [0.2, 0.25) is 0 Å². The van der Waals surface area contributed by atoms with E-state index in [2.05, 4.69) is 28.5 Å². The monoisotopic (exact) mass is 778 g/mol. The Hall–Kier alpha value is -3.65. The third-order valence-corrected chi connectivity index (χ3v) is 6.21. The van der Waals surface area contributed by atoms with Gasteiger partial charge in [-0.2, -0.15) is 65.9 Å². The zero-order valence-corrected chi connectivity index (χ0v) is 23.5. The fourth-order valence-corrected chi connectivity index (χ4v) is 4.09. The average molecular weight is 779 g/mol. The van der Waals surface area contributed by atoms with Crippen LogP contribution in [0.15, 0.2) is 80.3 Å². The fourth-order valence-electron chi connectivity index (χ4n) is 4.09. The Bertz CT molecular complexity index is 1450. The number of nitrogens with zero attached hydrogens (tertiary/aromatic N) is 6. The molecule has 6 nitrogen and oxygen atoms in total. The van der Waals surface area contributed by atoms with E-state index >= 15 is 0 Å². The standard InChI is InChI=1S/C21H11BF15N6.C2H4.Ag/c23-16(24,19(29,30)31)13-6-9-41(38-13)22(12-4-2-1-3-5-12,42-10-7-14(39-42)17(25,26)20(32,33)34)43-11-8-15(40-43)18(27,28)21(35,36)37;1-2;/h1-11H;1-2H2;/q-1;;+1. The molecule has 0 N–H and O–H groups in total. The molecule has 0 aliphatic rings. The summed E-state index contributed by atoms with van der Waals surface area (Å²) in [4.78, 5) is 0. The van der Waals surface area contributed by atoms with Gasteiger partial charge in [-0.05, 0) is 36.8 Å². The molecule has 256 valence electrons. The summed E-state index contributed by atoms with van der Waals surface area (Å²) in [5, 5.41) is 9.37. The summed E-state index contributed by atoms with van der Waals surface area (Å²) in [6.45, 7) is 1.88. The van der Waals surface area contributed by atoms with Crippen molar-refractivity contribution in [2.24, 2.45) is 0 Å². The van der Waals surface area contributed by atoms with Gasteiger partial charge in [-0.1, -0.05) is 30.3 Å². The Kier molecular flexibility index (Phi) is 10.5. The van der Waals surface area contributed by atoms with Crippen LogP contribution in [0.1, 0.15) is 17.1 Å². The molecule has 0 spiro atoms. The maximum Gasteiger partial charge on any atom is 1.00 e. The molecule has 0 aliphatic carbocycles. The van der Waals surface area contributed by atoms with Crippen molar-refractivity contribution < 1.29 is 88.2 Å². The maximum atomic E-state index is 14.2. The van der Waals surface area contributed by atoms with E-state index in [9.17, 15) is 65.9 Å². The van der Waals surface area contributed by atoms with Gasteiger partial charge in [0.1, 0.15) is 17.1 Å². The zero-order valence-electron chi connectivity index (χ0n) is 22.0. The molecule has 0 amide bonds. The fraction of sp³-hybridized carbons (Fsp3) is 0.261. The van der Waals surface area contributed by atoms with Crippen molar-refractivity contribution in [1.29, 1.82) is 0 Å². The first-order valence-electron chi connectivity index (χ1n) is 11.7. The van der Waals surface area contributed by atoms with Gasteiger partial charge in [0.05, 0.1) is 0 Å². The van der Waals surface area contributed by atoms with Crippen LogP contribution in [0, 0.1) is 0 Å². The van der Waals surface area contributed by atoms with Gasteiger partial charge < -0.3 is 13.8 Å². The van der Waals surface area contributed by atoms with E-state index in [-0.39, 0.29) is 54.4 Å². The molecule has 0 saturated carbocycles. The average Bonchev–Trinajstić information content (AvgIpc) is 3.71. The Morgan fingerprint density at radius 3 is 0.957 bits per heavy atom. The van der Waals surface area contributed by atoms with Crippen LogP contribution in [-0.2, 0) is 40.1 Å². The summed E-state index contributed by atoms with van der Waals surface area (Å²) < 4.78 is 203. The first-order chi connectivity index (χ1) is 20.5. The van der Waals surface area contributed by atoms with E-state index in [1.54, 1.807) is 0 Å². The molecule has 4 aromatic rings. The third kappa shape index (κ3) is 6.20. The molecule has 0 saturated heterocycles.